The van der Waals surface area contributed by atoms with Gasteiger partial charge >= 0.3 is 6.18 Å². The third-order valence-electron chi connectivity index (χ3n) is 2.97. The number of aliphatic hydroxyl groups is 1. The maximum absolute atomic E-state index is 12.6. The van der Waals surface area contributed by atoms with E-state index >= 15 is 0 Å². The second kappa shape index (κ2) is 2.98. The van der Waals surface area contributed by atoms with Crippen LogP contribution in [-0.4, -0.2) is 5.11 Å². The van der Waals surface area contributed by atoms with Gasteiger partial charge in [-0.15, -0.1) is 0 Å². The first-order chi connectivity index (χ1) is 6.86. The maximum Gasteiger partial charge on any atom is 0.416 e. The zero-order valence-corrected chi connectivity index (χ0v) is 8.17. The Morgan fingerprint density at radius 1 is 1.33 bits per heavy atom. The van der Waals surface area contributed by atoms with Gasteiger partial charge in [-0.05, 0) is 24.0 Å². The average Bonchev–Trinajstić information content (AvgIpc) is 2.75. The quantitative estimate of drug-likeness (QED) is 0.765. The van der Waals surface area contributed by atoms with Crippen LogP contribution < -0.4 is 0 Å². The molecule has 1 saturated carbocycles. The van der Waals surface area contributed by atoms with Crippen molar-refractivity contribution in [1.82, 2.24) is 0 Å². The van der Waals surface area contributed by atoms with Crippen molar-refractivity contribution in [2.75, 3.05) is 0 Å². The predicted molar refractivity (Wildman–Crippen MR) is 49.1 cm³/mol. The molecule has 2 rings (SSSR count). The van der Waals surface area contributed by atoms with E-state index in [0.717, 1.165) is 6.07 Å². The molecule has 4 heteroatoms. The Labute approximate surface area is 85.5 Å². The lowest BCUT2D eigenvalue weighted by atomic mass is 9.99. The van der Waals surface area contributed by atoms with Crippen molar-refractivity contribution in [1.29, 1.82) is 0 Å². The summed E-state index contributed by atoms with van der Waals surface area (Å²) in [5.41, 5.74) is -1.99. The molecule has 82 valence electrons. The van der Waals surface area contributed by atoms with E-state index < -0.39 is 17.3 Å². The van der Waals surface area contributed by atoms with Crippen LogP contribution in [0.15, 0.2) is 24.3 Å². The summed E-state index contributed by atoms with van der Waals surface area (Å²) in [5, 5.41) is 9.91. The molecule has 0 radical (unpaired) electrons. The minimum absolute atomic E-state index is 0.00463. The molecule has 0 bridgehead atoms. The van der Waals surface area contributed by atoms with E-state index in [2.05, 4.69) is 0 Å². The third-order valence-corrected chi connectivity index (χ3v) is 2.97. The van der Waals surface area contributed by atoms with Crippen LogP contribution in [0.2, 0.25) is 0 Å². The van der Waals surface area contributed by atoms with Crippen LogP contribution >= 0.6 is 0 Å². The Morgan fingerprint density at radius 3 is 2.33 bits per heavy atom. The van der Waals surface area contributed by atoms with Gasteiger partial charge in [0, 0.05) is 0 Å². The van der Waals surface area contributed by atoms with Crippen LogP contribution in [0.1, 0.15) is 24.5 Å². The van der Waals surface area contributed by atoms with E-state index in [-0.39, 0.29) is 11.5 Å². The molecule has 1 aromatic carbocycles. The molecule has 1 nitrogen and oxygen atoms in total. The first kappa shape index (κ1) is 10.5. The lowest BCUT2D eigenvalue weighted by Gasteiger charge is -2.17. The summed E-state index contributed by atoms with van der Waals surface area (Å²) in [7, 11) is 0. The Balaban J connectivity index is 2.49. The van der Waals surface area contributed by atoms with Gasteiger partial charge in [0.05, 0.1) is 11.2 Å². The average molecular weight is 216 g/mol. The largest absolute Gasteiger partial charge is 0.416 e. The number of halogens is 3. The molecular weight excluding hydrogens is 205 g/mol. The van der Waals surface area contributed by atoms with Crippen molar-refractivity contribution in [3.63, 3.8) is 0 Å². The molecule has 1 aliphatic carbocycles. The van der Waals surface area contributed by atoms with Gasteiger partial charge in [0.1, 0.15) is 0 Å². The number of hydrogen-bond donors (Lipinski definition) is 1. The second-order valence-corrected chi connectivity index (χ2v) is 4.07. The highest BCUT2D eigenvalue weighted by Gasteiger charge is 2.54. The van der Waals surface area contributed by atoms with Crippen LogP contribution in [-0.2, 0) is 11.8 Å². The van der Waals surface area contributed by atoms with Gasteiger partial charge in [0.2, 0.25) is 0 Å². The summed E-state index contributed by atoms with van der Waals surface area (Å²) in [6.45, 7) is 1.74. The van der Waals surface area contributed by atoms with Crippen molar-refractivity contribution in [3.8, 4) is 0 Å². The van der Waals surface area contributed by atoms with Gasteiger partial charge in [-0.2, -0.15) is 13.2 Å². The summed E-state index contributed by atoms with van der Waals surface area (Å²) < 4.78 is 37.9. The number of hydrogen-bond acceptors (Lipinski definition) is 1. The molecule has 0 spiro atoms. The third kappa shape index (κ3) is 1.63. The first-order valence-corrected chi connectivity index (χ1v) is 4.75. The fraction of sp³-hybridized carbons (Fsp3) is 0.455. The highest BCUT2D eigenvalue weighted by Crippen LogP contribution is 2.54. The topological polar surface area (TPSA) is 20.2 Å². The van der Waals surface area contributed by atoms with Crippen molar-refractivity contribution in [3.05, 3.63) is 35.4 Å². The standard InChI is InChI=1S/C11H11F3O/c1-7-6-10(7,15)8-4-2-3-5-9(8)11(12,13)14/h2-5,7,15H,6H2,1H3. The molecule has 1 aliphatic rings. The number of rotatable bonds is 1. The van der Waals surface area contributed by atoms with E-state index in [0.29, 0.717) is 6.42 Å². The zero-order chi connectivity index (χ0) is 11.3. The summed E-state index contributed by atoms with van der Waals surface area (Å²) in [5.74, 6) is -0.0963. The van der Waals surface area contributed by atoms with Crippen LogP contribution in [0.25, 0.3) is 0 Å². The molecule has 0 aliphatic heterocycles. The normalized spacial score (nSPS) is 30.3. The molecule has 15 heavy (non-hydrogen) atoms. The molecule has 1 N–H and O–H groups in total. The van der Waals surface area contributed by atoms with Crippen molar-refractivity contribution in [2.24, 2.45) is 5.92 Å². The fourth-order valence-electron chi connectivity index (χ4n) is 1.89. The highest BCUT2D eigenvalue weighted by atomic mass is 19.4. The lowest BCUT2D eigenvalue weighted by Crippen LogP contribution is -2.17. The zero-order valence-electron chi connectivity index (χ0n) is 8.17. The van der Waals surface area contributed by atoms with E-state index in [9.17, 15) is 18.3 Å². The van der Waals surface area contributed by atoms with Crippen LogP contribution in [0, 0.1) is 5.92 Å². The van der Waals surface area contributed by atoms with Crippen molar-refractivity contribution < 1.29 is 18.3 Å². The SMILES string of the molecule is CC1CC1(O)c1ccccc1C(F)(F)F. The smallest absolute Gasteiger partial charge is 0.385 e. The number of alkyl halides is 3. The molecule has 2 atom stereocenters. The molecule has 0 amide bonds. The molecule has 2 unspecified atom stereocenters. The molecule has 1 fully saturated rings. The molecular formula is C11H11F3O. The molecule has 1 aromatic rings. The maximum atomic E-state index is 12.6. The second-order valence-electron chi connectivity index (χ2n) is 4.07. The lowest BCUT2D eigenvalue weighted by molar-refractivity contribution is -0.139. The van der Waals surface area contributed by atoms with Crippen molar-refractivity contribution >= 4 is 0 Å². The van der Waals surface area contributed by atoms with E-state index in [4.69, 9.17) is 0 Å². The Morgan fingerprint density at radius 2 is 1.87 bits per heavy atom. The summed E-state index contributed by atoms with van der Waals surface area (Å²) in [4.78, 5) is 0. The van der Waals surface area contributed by atoms with Crippen LogP contribution in [0.5, 0.6) is 0 Å². The Bertz CT molecular complexity index is 386. The van der Waals surface area contributed by atoms with Gasteiger partial charge in [0.15, 0.2) is 0 Å². The fourth-order valence-corrected chi connectivity index (χ4v) is 1.89. The van der Waals surface area contributed by atoms with Crippen molar-refractivity contribution in [2.45, 2.75) is 25.1 Å². The van der Waals surface area contributed by atoms with E-state index in [1.807, 2.05) is 0 Å². The monoisotopic (exact) mass is 216 g/mol. The summed E-state index contributed by atoms with van der Waals surface area (Å²) >= 11 is 0. The van der Waals surface area contributed by atoms with Crippen LogP contribution in [0.3, 0.4) is 0 Å². The predicted octanol–water partition coefficient (Wildman–Crippen LogP) is 2.93. The molecule has 0 aromatic heterocycles. The Kier molecular flexibility index (Phi) is 2.08. The molecule has 0 saturated heterocycles. The molecule has 0 heterocycles. The number of benzene rings is 1. The summed E-state index contributed by atoms with van der Waals surface area (Å²) in [6, 6.07) is 5.22. The van der Waals surface area contributed by atoms with Crippen LogP contribution in [0.4, 0.5) is 13.2 Å². The van der Waals surface area contributed by atoms with Gasteiger partial charge in [-0.3, -0.25) is 0 Å². The van der Waals surface area contributed by atoms with Gasteiger partial charge in [-0.25, -0.2) is 0 Å². The van der Waals surface area contributed by atoms with Gasteiger partial charge in [0.25, 0.3) is 0 Å². The Hall–Kier alpha value is -1.03. The first-order valence-electron chi connectivity index (χ1n) is 4.75. The van der Waals surface area contributed by atoms with E-state index in [1.165, 1.54) is 18.2 Å². The summed E-state index contributed by atoms with van der Waals surface area (Å²) in [6.07, 6.45) is -3.99. The van der Waals surface area contributed by atoms with Gasteiger partial charge < -0.3 is 5.11 Å². The minimum Gasteiger partial charge on any atom is -0.385 e. The van der Waals surface area contributed by atoms with Gasteiger partial charge in [-0.1, -0.05) is 25.1 Å². The minimum atomic E-state index is -4.39. The van der Waals surface area contributed by atoms with E-state index in [1.54, 1.807) is 6.92 Å². The highest BCUT2D eigenvalue weighted by molar-refractivity contribution is 5.38.